The molecule has 3 nitrogen and oxygen atoms in total. The smallest absolute Gasteiger partial charge is 0.416 e. The Bertz CT molecular complexity index is 1310. The number of methoxy groups -OCH3 is 1. The Morgan fingerprint density at radius 3 is 1.79 bits per heavy atom. The molecule has 42 heavy (non-hydrogen) atoms. The van der Waals surface area contributed by atoms with Crippen molar-refractivity contribution in [1.29, 1.82) is 0 Å². The number of carbonyl (C=O) groups excluding carboxylic acids is 1. The summed E-state index contributed by atoms with van der Waals surface area (Å²) in [6.45, 7) is 8.95. The molecule has 0 aromatic heterocycles. The van der Waals surface area contributed by atoms with Gasteiger partial charge in [0.25, 0.3) is 0 Å². The molecule has 0 bridgehead atoms. The van der Waals surface area contributed by atoms with Crippen molar-refractivity contribution in [3.8, 4) is 11.1 Å². The third-order valence-electron chi connectivity index (χ3n) is 7.07. The van der Waals surface area contributed by atoms with E-state index in [4.69, 9.17) is 4.74 Å². The highest BCUT2D eigenvalue weighted by molar-refractivity contribution is 5.79. The molecule has 3 aromatic rings. The summed E-state index contributed by atoms with van der Waals surface area (Å²) in [5.74, 6) is -0.523. The number of ether oxygens (including phenoxy) is 1. The Hall–Kier alpha value is -3.49. The van der Waals surface area contributed by atoms with E-state index in [1.54, 1.807) is 6.07 Å². The van der Waals surface area contributed by atoms with Gasteiger partial charge < -0.3 is 9.64 Å². The maximum atomic E-state index is 13.2. The molecule has 0 N–H and O–H groups in total. The molecule has 0 heterocycles. The summed E-state index contributed by atoms with van der Waals surface area (Å²) in [5.41, 5.74) is 1.71. The summed E-state index contributed by atoms with van der Waals surface area (Å²) in [6, 6.07) is 15.4. The number of carbonyl (C=O) groups is 1. The lowest BCUT2D eigenvalue weighted by Gasteiger charge is -2.27. The van der Waals surface area contributed by atoms with E-state index < -0.39 is 35.4 Å². The van der Waals surface area contributed by atoms with Gasteiger partial charge in [0.2, 0.25) is 0 Å². The maximum Gasteiger partial charge on any atom is 0.416 e. The van der Waals surface area contributed by atoms with Crippen molar-refractivity contribution >= 4 is 11.7 Å². The SMILES string of the molecule is COC(=O)[C@H](CC(C)C)c1cc(CN(CCC(C)C)c2ccc(C(F)(F)F)cc2)cc(-c2ccc(C(F)(F)F)cc2)c1. The van der Waals surface area contributed by atoms with E-state index in [0.717, 1.165) is 36.2 Å². The summed E-state index contributed by atoms with van der Waals surface area (Å²) in [4.78, 5) is 14.8. The Morgan fingerprint density at radius 2 is 1.31 bits per heavy atom. The fraction of sp³-hybridized carbons (Fsp3) is 0.424. The number of hydrogen-bond donors (Lipinski definition) is 0. The van der Waals surface area contributed by atoms with Crippen molar-refractivity contribution < 1.29 is 35.9 Å². The molecule has 3 aromatic carbocycles. The van der Waals surface area contributed by atoms with Crippen molar-refractivity contribution in [1.82, 2.24) is 0 Å². The second kappa shape index (κ2) is 13.7. The zero-order valence-corrected chi connectivity index (χ0v) is 24.4. The minimum Gasteiger partial charge on any atom is -0.469 e. The normalized spacial score (nSPS) is 13.0. The van der Waals surface area contributed by atoms with Gasteiger partial charge >= 0.3 is 18.3 Å². The number of halogens is 6. The zero-order chi connectivity index (χ0) is 31.2. The molecule has 9 heteroatoms. The molecule has 1 atom stereocenters. The molecule has 0 spiro atoms. The second-order valence-electron chi connectivity index (χ2n) is 11.4. The first kappa shape index (κ1) is 33.0. The van der Waals surface area contributed by atoms with Gasteiger partial charge in [0.05, 0.1) is 24.2 Å². The van der Waals surface area contributed by atoms with Gasteiger partial charge in [0, 0.05) is 18.8 Å². The monoisotopic (exact) mass is 593 g/mol. The average molecular weight is 594 g/mol. The lowest BCUT2D eigenvalue weighted by Crippen LogP contribution is -2.25. The van der Waals surface area contributed by atoms with Crippen LogP contribution in [0.2, 0.25) is 0 Å². The van der Waals surface area contributed by atoms with Crippen LogP contribution in [0.25, 0.3) is 11.1 Å². The summed E-state index contributed by atoms with van der Waals surface area (Å²) >= 11 is 0. The van der Waals surface area contributed by atoms with Gasteiger partial charge in [-0.2, -0.15) is 26.3 Å². The molecule has 0 fully saturated rings. The number of anilines is 1. The number of alkyl halides is 6. The highest BCUT2D eigenvalue weighted by Crippen LogP contribution is 2.35. The lowest BCUT2D eigenvalue weighted by molar-refractivity contribution is -0.143. The van der Waals surface area contributed by atoms with Gasteiger partial charge in [-0.3, -0.25) is 4.79 Å². The molecule has 0 aliphatic heterocycles. The summed E-state index contributed by atoms with van der Waals surface area (Å²) in [6.07, 6.45) is -7.65. The third-order valence-corrected chi connectivity index (χ3v) is 7.07. The molecule has 0 unspecified atom stereocenters. The van der Waals surface area contributed by atoms with Crippen LogP contribution < -0.4 is 4.90 Å². The Balaban J connectivity index is 2.11. The third kappa shape index (κ3) is 9.00. The molecular formula is C33H37F6NO2. The predicted molar refractivity (Wildman–Crippen MR) is 153 cm³/mol. The zero-order valence-electron chi connectivity index (χ0n) is 24.4. The number of benzene rings is 3. The summed E-state index contributed by atoms with van der Waals surface area (Å²) in [7, 11) is 1.31. The van der Waals surface area contributed by atoms with Crippen LogP contribution >= 0.6 is 0 Å². The van der Waals surface area contributed by atoms with Crippen molar-refractivity contribution in [2.24, 2.45) is 11.8 Å². The Kier molecular flexibility index (Phi) is 10.7. The van der Waals surface area contributed by atoms with Crippen LogP contribution in [0, 0.1) is 11.8 Å². The van der Waals surface area contributed by atoms with Crippen molar-refractivity contribution in [2.75, 3.05) is 18.6 Å². The highest BCUT2D eigenvalue weighted by atomic mass is 19.4. The van der Waals surface area contributed by atoms with E-state index in [1.807, 2.05) is 30.9 Å². The molecule has 3 rings (SSSR count). The van der Waals surface area contributed by atoms with E-state index in [0.29, 0.717) is 47.8 Å². The fourth-order valence-corrected chi connectivity index (χ4v) is 4.81. The first-order valence-corrected chi connectivity index (χ1v) is 13.9. The summed E-state index contributed by atoms with van der Waals surface area (Å²) in [5, 5.41) is 0. The van der Waals surface area contributed by atoms with E-state index in [-0.39, 0.29) is 5.92 Å². The van der Waals surface area contributed by atoms with Crippen LogP contribution in [0.1, 0.15) is 68.7 Å². The van der Waals surface area contributed by atoms with Crippen LogP contribution in [0.15, 0.2) is 66.7 Å². The Labute approximate surface area is 243 Å². The first-order chi connectivity index (χ1) is 19.6. The highest BCUT2D eigenvalue weighted by Gasteiger charge is 2.31. The number of rotatable bonds is 11. The van der Waals surface area contributed by atoms with Crippen LogP contribution in [-0.2, 0) is 28.4 Å². The Morgan fingerprint density at radius 1 is 0.762 bits per heavy atom. The second-order valence-corrected chi connectivity index (χ2v) is 11.4. The number of esters is 1. The van der Waals surface area contributed by atoms with Gasteiger partial charge in [-0.1, -0.05) is 52.0 Å². The molecule has 0 saturated heterocycles. The van der Waals surface area contributed by atoms with Gasteiger partial charge in [0.15, 0.2) is 0 Å². The fourth-order valence-electron chi connectivity index (χ4n) is 4.81. The van der Waals surface area contributed by atoms with Gasteiger partial charge in [-0.15, -0.1) is 0 Å². The van der Waals surface area contributed by atoms with E-state index in [9.17, 15) is 31.1 Å². The molecule has 0 aliphatic rings. The minimum atomic E-state index is -4.47. The predicted octanol–water partition coefficient (Wildman–Crippen LogP) is 9.75. The first-order valence-electron chi connectivity index (χ1n) is 13.9. The molecule has 228 valence electrons. The van der Waals surface area contributed by atoms with Crippen molar-refractivity contribution in [3.05, 3.63) is 89.0 Å². The van der Waals surface area contributed by atoms with E-state index in [2.05, 4.69) is 13.8 Å². The number of nitrogens with zero attached hydrogens (tertiary/aromatic N) is 1. The molecule has 0 amide bonds. The minimum absolute atomic E-state index is 0.155. The van der Waals surface area contributed by atoms with Crippen LogP contribution in [-0.4, -0.2) is 19.6 Å². The van der Waals surface area contributed by atoms with Gasteiger partial charge in [0.1, 0.15) is 0 Å². The quantitative estimate of drug-likeness (QED) is 0.164. The molecule has 0 radical (unpaired) electrons. The van der Waals surface area contributed by atoms with E-state index >= 15 is 0 Å². The number of hydrogen-bond acceptors (Lipinski definition) is 3. The van der Waals surface area contributed by atoms with E-state index in [1.165, 1.54) is 31.4 Å². The van der Waals surface area contributed by atoms with Crippen molar-refractivity contribution in [3.63, 3.8) is 0 Å². The standard InChI is InChI=1S/C33H37F6NO2/c1-21(2)14-15-40(29-12-10-28(11-13-29)33(37,38)39)20-23-17-25(24-6-8-27(9-7-24)32(34,35)36)19-26(18-23)30(16-22(3)4)31(41)42-5/h6-13,17-19,21-22,30H,14-16,20H2,1-5H3/t30-/m1/s1. The van der Waals surface area contributed by atoms with Crippen LogP contribution in [0.4, 0.5) is 32.0 Å². The largest absolute Gasteiger partial charge is 0.469 e. The molecular weight excluding hydrogens is 556 g/mol. The topological polar surface area (TPSA) is 29.5 Å². The van der Waals surface area contributed by atoms with Crippen LogP contribution in [0.5, 0.6) is 0 Å². The van der Waals surface area contributed by atoms with Crippen LogP contribution in [0.3, 0.4) is 0 Å². The molecule has 0 saturated carbocycles. The lowest BCUT2D eigenvalue weighted by atomic mass is 9.87. The van der Waals surface area contributed by atoms with Gasteiger partial charge in [-0.05, 0) is 89.4 Å². The molecule has 0 aliphatic carbocycles. The summed E-state index contributed by atoms with van der Waals surface area (Å²) < 4.78 is 84.3. The van der Waals surface area contributed by atoms with Gasteiger partial charge in [-0.25, -0.2) is 0 Å². The maximum absolute atomic E-state index is 13.2. The average Bonchev–Trinajstić information content (AvgIpc) is 2.92. The van der Waals surface area contributed by atoms with Crippen molar-refractivity contribution in [2.45, 2.75) is 65.4 Å².